The maximum absolute atomic E-state index is 11.6. The number of nitrogens with one attached hydrogen (secondary N) is 1. The van der Waals surface area contributed by atoms with Gasteiger partial charge in [0.05, 0.1) is 12.9 Å². The molecule has 0 aliphatic heterocycles. The number of ether oxygens (including phenoxy) is 1. The zero-order valence-electron chi connectivity index (χ0n) is 13.5. The molecular weight excluding hydrogens is 294 g/mol. The number of hydrogen-bond donors (Lipinski definition) is 1. The second kappa shape index (κ2) is 8.99. The zero-order valence-corrected chi connectivity index (χ0v) is 14.4. The fourth-order valence-electron chi connectivity index (χ4n) is 1.53. The third-order valence-electron chi connectivity index (χ3n) is 2.78. The average Bonchev–Trinajstić information content (AvgIpc) is 2.39. The van der Waals surface area contributed by atoms with Gasteiger partial charge in [0.2, 0.25) is 0 Å². The molecule has 0 spiro atoms. The van der Waals surface area contributed by atoms with E-state index in [4.69, 9.17) is 0 Å². The molecule has 0 saturated heterocycles. The van der Waals surface area contributed by atoms with Crippen LogP contribution in [-0.4, -0.2) is 64.7 Å². The first-order valence-electron chi connectivity index (χ1n) is 6.89. The van der Waals surface area contributed by atoms with Crippen molar-refractivity contribution in [2.75, 3.05) is 33.5 Å². The lowest BCUT2D eigenvalue weighted by Gasteiger charge is -2.23. The Morgan fingerprint density at radius 3 is 2.43 bits per heavy atom. The smallest absolute Gasteiger partial charge is 0.325 e. The number of sulfonamides is 1. The summed E-state index contributed by atoms with van der Waals surface area (Å²) in [5.74, 6) is -0.277. The molecule has 0 aliphatic rings. The van der Waals surface area contributed by atoms with Gasteiger partial charge in [-0.2, -0.15) is 4.40 Å². The Labute approximate surface area is 127 Å². The molecule has 0 radical (unpaired) electrons. The van der Waals surface area contributed by atoms with E-state index >= 15 is 0 Å². The second-order valence-corrected chi connectivity index (χ2v) is 7.36. The van der Waals surface area contributed by atoms with Gasteiger partial charge >= 0.3 is 5.97 Å². The standard InChI is InChI=1S/C13H27N3O4S/c1-13(2,12(17)20-5)14-9-7-6-8-10-21(18,19)15-11-16(3)4/h11,14H,6-10H2,1-5H3/b15-11+. The summed E-state index contributed by atoms with van der Waals surface area (Å²) >= 11 is 0. The molecule has 0 amide bonds. The van der Waals surface area contributed by atoms with Crippen LogP contribution in [0.2, 0.25) is 0 Å². The van der Waals surface area contributed by atoms with Crippen molar-refractivity contribution in [2.45, 2.75) is 38.6 Å². The predicted octanol–water partition coefficient (Wildman–Crippen LogP) is 0.618. The van der Waals surface area contributed by atoms with E-state index in [9.17, 15) is 13.2 Å². The maximum Gasteiger partial charge on any atom is 0.325 e. The van der Waals surface area contributed by atoms with Crippen LogP contribution in [0.4, 0.5) is 0 Å². The lowest BCUT2D eigenvalue weighted by molar-refractivity contribution is -0.147. The molecule has 0 aromatic heterocycles. The Bertz CT molecular complexity index is 444. The van der Waals surface area contributed by atoms with Crippen molar-refractivity contribution in [3.8, 4) is 0 Å². The van der Waals surface area contributed by atoms with Crippen molar-refractivity contribution in [3.63, 3.8) is 0 Å². The summed E-state index contributed by atoms with van der Waals surface area (Å²) in [4.78, 5) is 13.0. The number of esters is 1. The van der Waals surface area contributed by atoms with E-state index in [2.05, 4.69) is 14.5 Å². The van der Waals surface area contributed by atoms with Gasteiger partial charge in [-0.15, -0.1) is 0 Å². The molecule has 0 bridgehead atoms. The van der Waals surface area contributed by atoms with E-state index in [0.717, 1.165) is 12.8 Å². The lowest BCUT2D eigenvalue weighted by atomic mass is 10.1. The van der Waals surface area contributed by atoms with Crippen molar-refractivity contribution in [3.05, 3.63) is 0 Å². The fourth-order valence-corrected chi connectivity index (χ4v) is 2.54. The molecule has 0 aromatic rings. The van der Waals surface area contributed by atoms with Crippen LogP contribution in [0.3, 0.4) is 0 Å². The zero-order chi connectivity index (χ0) is 16.5. The first-order valence-corrected chi connectivity index (χ1v) is 8.49. The van der Waals surface area contributed by atoms with Crippen molar-refractivity contribution < 1.29 is 17.9 Å². The monoisotopic (exact) mass is 321 g/mol. The number of carbonyl (C=O) groups is 1. The molecule has 21 heavy (non-hydrogen) atoms. The minimum atomic E-state index is -3.38. The molecule has 124 valence electrons. The van der Waals surface area contributed by atoms with Crippen LogP contribution >= 0.6 is 0 Å². The van der Waals surface area contributed by atoms with Gasteiger partial charge in [0.25, 0.3) is 10.0 Å². The molecule has 0 rings (SSSR count). The fraction of sp³-hybridized carbons (Fsp3) is 0.846. The van der Waals surface area contributed by atoms with Crippen LogP contribution in [0.25, 0.3) is 0 Å². The van der Waals surface area contributed by atoms with Crippen molar-refractivity contribution >= 4 is 22.3 Å². The van der Waals surface area contributed by atoms with Crippen molar-refractivity contribution in [1.82, 2.24) is 10.2 Å². The Hall–Kier alpha value is -1.15. The highest BCUT2D eigenvalue weighted by molar-refractivity contribution is 7.90. The maximum atomic E-state index is 11.6. The second-order valence-electron chi connectivity index (χ2n) is 5.57. The van der Waals surface area contributed by atoms with Crippen molar-refractivity contribution in [1.29, 1.82) is 0 Å². The van der Waals surface area contributed by atoms with Gasteiger partial charge in [-0.3, -0.25) is 4.79 Å². The van der Waals surface area contributed by atoms with Crippen molar-refractivity contribution in [2.24, 2.45) is 4.40 Å². The largest absolute Gasteiger partial charge is 0.468 e. The average molecular weight is 321 g/mol. The van der Waals surface area contributed by atoms with E-state index in [1.54, 1.807) is 32.8 Å². The van der Waals surface area contributed by atoms with Gasteiger partial charge in [-0.25, -0.2) is 8.42 Å². The molecule has 0 saturated carbocycles. The summed E-state index contributed by atoms with van der Waals surface area (Å²) in [7, 11) is 1.41. The third kappa shape index (κ3) is 9.41. The molecular formula is C13H27N3O4S. The molecule has 1 N–H and O–H groups in total. The van der Waals surface area contributed by atoms with E-state index in [-0.39, 0.29) is 11.7 Å². The summed E-state index contributed by atoms with van der Waals surface area (Å²) < 4.78 is 31.3. The molecule has 0 unspecified atom stereocenters. The van der Waals surface area contributed by atoms with Gasteiger partial charge in [0, 0.05) is 14.1 Å². The summed E-state index contributed by atoms with van der Waals surface area (Å²) in [6, 6.07) is 0. The Morgan fingerprint density at radius 2 is 1.90 bits per heavy atom. The number of nitrogens with zero attached hydrogens (tertiary/aromatic N) is 2. The van der Waals surface area contributed by atoms with Crippen LogP contribution in [0.5, 0.6) is 0 Å². The van der Waals surface area contributed by atoms with E-state index < -0.39 is 15.6 Å². The molecule has 0 heterocycles. The Balaban J connectivity index is 3.90. The Morgan fingerprint density at radius 1 is 1.29 bits per heavy atom. The molecule has 0 aromatic carbocycles. The molecule has 7 nitrogen and oxygen atoms in total. The summed E-state index contributed by atoms with van der Waals surface area (Å²) in [5, 5.41) is 3.09. The molecule has 0 aliphatic carbocycles. The highest BCUT2D eigenvalue weighted by atomic mass is 32.2. The minimum absolute atomic E-state index is 0.0394. The minimum Gasteiger partial charge on any atom is -0.468 e. The van der Waals surface area contributed by atoms with Gasteiger partial charge in [-0.1, -0.05) is 6.42 Å². The van der Waals surface area contributed by atoms with Gasteiger partial charge < -0.3 is 15.0 Å². The number of carbonyl (C=O) groups excluding carboxylic acids is 1. The van der Waals surface area contributed by atoms with Crippen LogP contribution in [-0.2, 0) is 19.6 Å². The van der Waals surface area contributed by atoms with E-state index in [1.165, 1.54) is 13.4 Å². The summed E-state index contributed by atoms with van der Waals surface area (Å²) in [6.07, 6.45) is 3.37. The number of hydrogen-bond acceptors (Lipinski definition) is 5. The van der Waals surface area contributed by atoms with Gasteiger partial charge in [-0.05, 0) is 33.2 Å². The van der Waals surface area contributed by atoms with E-state index in [1.807, 2.05) is 0 Å². The Kier molecular flexibility index (Phi) is 8.50. The highest BCUT2D eigenvalue weighted by Crippen LogP contribution is 2.06. The SMILES string of the molecule is COC(=O)C(C)(C)NCCCCCS(=O)(=O)/N=C/N(C)C. The van der Waals surface area contributed by atoms with Gasteiger partial charge in [0.15, 0.2) is 0 Å². The topological polar surface area (TPSA) is 88.1 Å². The molecule has 0 fully saturated rings. The number of rotatable bonds is 10. The number of methoxy groups -OCH3 is 1. The van der Waals surface area contributed by atoms with Gasteiger partial charge in [0.1, 0.15) is 11.9 Å². The quantitative estimate of drug-likeness (QED) is 0.275. The predicted molar refractivity (Wildman–Crippen MR) is 83.9 cm³/mol. The summed E-state index contributed by atoms with van der Waals surface area (Å²) in [6.45, 7) is 4.13. The normalized spacial score (nSPS) is 12.6. The van der Waals surface area contributed by atoms with Crippen LogP contribution in [0, 0.1) is 0 Å². The highest BCUT2D eigenvalue weighted by Gasteiger charge is 2.27. The first kappa shape index (κ1) is 19.9. The molecule has 0 atom stereocenters. The third-order valence-corrected chi connectivity index (χ3v) is 4.00. The van der Waals surface area contributed by atoms with Crippen LogP contribution in [0.15, 0.2) is 4.40 Å². The first-order chi connectivity index (χ1) is 9.60. The lowest BCUT2D eigenvalue weighted by Crippen LogP contribution is -2.47. The van der Waals surface area contributed by atoms with Crippen LogP contribution < -0.4 is 5.32 Å². The summed E-state index contributed by atoms with van der Waals surface area (Å²) in [5.41, 5.74) is -0.725. The number of unbranched alkanes of at least 4 members (excludes halogenated alkanes) is 2. The molecule has 8 heteroatoms. The van der Waals surface area contributed by atoms with Crippen LogP contribution in [0.1, 0.15) is 33.1 Å². The van der Waals surface area contributed by atoms with E-state index in [0.29, 0.717) is 13.0 Å².